The van der Waals surface area contributed by atoms with Crippen LogP contribution in [0, 0.1) is 11.3 Å². The van der Waals surface area contributed by atoms with Crippen LogP contribution in [0.1, 0.15) is 18.0 Å². The molecule has 0 aliphatic carbocycles. The van der Waals surface area contributed by atoms with Gasteiger partial charge in [-0.1, -0.05) is 17.7 Å². The zero-order valence-corrected chi connectivity index (χ0v) is 10.9. The summed E-state index contributed by atoms with van der Waals surface area (Å²) in [5, 5.41) is 21.3. The average Bonchev–Trinajstić information content (AvgIpc) is 2.29. The Hall–Kier alpha value is -0.600. The van der Waals surface area contributed by atoms with Gasteiger partial charge in [-0.15, -0.1) is 0 Å². The lowest BCUT2D eigenvalue weighted by atomic mass is 10.1. The number of hydrogen-bond acceptors (Lipinski definition) is 3. The van der Waals surface area contributed by atoms with Gasteiger partial charge in [0, 0.05) is 11.1 Å². The van der Waals surface area contributed by atoms with E-state index in [1.165, 1.54) is 0 Å². The molecular weight excluding hydrogens is 291 g/mol. The van der Waals surface area contributed by atoms with Gasteiger partial charge in [-0.3, -0.25) is 5.32 Å². The van der Waals surface area contributed by atoms with Crippen LogP contribution in [0.25, 0.3) is 0 Å². The van der Waals surface area contributed by atoms with Crippen molar-refractivity contribution in [2.75, 3.05) is 13.2 Å². The Bertz CT molecular complexity index is 392. The van der Waals surface area contributed by atoms with Crippen LogP contribution in [0.3, 0.4) is 0 Å². The lowest BCUT2D eigenvalue weighted by molar-refractivity contribution is 0.285. The highest BCUT2D eigenvalue weighted by molar-refractivity contribution is 9.10. The normalized spacial score (nSPS) is 12.1. The monoisotopic (exact) mass is 302 g/mol. The third kappa shape index (κ3) is 3.76. The first-order chi connectivity index (χ1) is 7.69. The maximum absolute atomic E-state index is 9.01. The van der Waals surface area contributed by atoms with Crippen LogP contribution in [-0.2, 0) is 0 Å². The number of hydrogen-bond donors (Lipinski definition) is 2. The van der Waals surface area contributed by atoms with E-state index in [4.69, 9.17) is 22.0 Å². The zero-order chi connectivity index (χ0) is 12.0. The smallest absolute Gasteiger partial charge is 0.121 e. The van der Waals surface area contributed by atoms with Crippen molar-refractivity contribution >= 4 is 27.5 Å². The highest BCUT2D eigenvalue weighted by atomic mass is 79.9. The molecule has 0 fully saturated rings. The second kappa shape index (κ2) is 6.87. The molecule has 1 unspecified atom stereocenters. The number of benzene rings is 1. The van der Waals surface area contributed by atoms with Crippen molar-refractivity contribution in [2.45, 2.75) is 12.5 Å². The molecule has 1 atom stereocenters. The highest BCUT2D eigenvalue weighted by Crippen LogP contribution is 2.25. The van der Waals surface area contributed by atoms with E-state index >= 15 is 0 Å². The fourth-order valence-electron chi connectivity index (χ4n) is 1.26. The lowest BCUT2D eigenvalue weighted by Crippen LogP contribution is -2.21. The number of nitrogens with one attached hydrogen (secondary N) is 1. The highest BCUT2D eigenvalue weighted by Gasteiger charge is 2.10. The standard InChI is InChI=1S/C11H12BrClN2O/c12-9-3-2-8(6-10(9)13)11(7-14)15-4-1-5-16/h2-3,6,11,15-16H,1,4-5H2. The van der Waals surface area contributed by atoms with Crippen LogP contribution < -0.4 is 5.32 Å². The van der Waals surface area contributed by atoms with Crippen LogP contribution in [0.15, 0.2) is 22.7 Å². The van der Waals surface area contributed by atoms with Crippen LogP contribution in [0.5, 0.6) is 0 Å². The molecule has 0 heterocycles. The molecule has 0 radical (unpaired) electrons. The van der Waals surface area contributed by atoms with Gasteiger partial charge in [0.1, 0.15) is 6.04 Å². The number of rotatable bonds is 5. The zero-order valence-electron chi connectivity index (χ0n) is 8.58. The molecule has 1 rings (SSSR count). The molecule has 16 heavy (non-hydrogen) atoms. The molecule has 5 heteroatoms. The first kappa shape index (κ1) is 13.5. The number of nitrogens with zero attached hydrogens (tertiary/aromatic N) is 1. The van der Waals surface area contributed by atoms with Crippen LogP contribution >= 0.6 is 27.5 Å². The SMILES string of the molecule is N#CC(NCCCO)c1ccc(Br)c(Cl)c1. The van der Waals surface area contributed by atoms with Crippen molar-refractivity contribution in [3.8, 4) is 6.07 Å². The average molecular weight is 304 g/mol. The molecule has 1 aromatic carbocycles. The Kier molecular flexibility index (Phi) is 5.78. The van der Waals surface area contributed by atoms with Gasteiger partial charge in [0.15, 0.2) is 0 Å². The summed E-state index contributed by atoms with van der Waals surface area (Å²) >= 11 is 9.25. The Labute approximate surface area is 108 Å². The number of nitriles is 1. The van der Waals surface area contributed by atoms with Gasteiger partial charge in [0.2, 0.25) is 0 Å². The van der Waals surface area contributed by atoms with E-state index < -0.39 is 6.04 Å². The predicted molar refractivity (Wildman–Crippen MR) is 67.2 cm³/mol. The van der Waals surface area contributed by atoms with Gasteiger partial charge >= 0.3 is 0 Å². The van der Waals surface area contributed by atoms with E-state index in [1.54, 1.807) is 6.07 Å². The molecule has 0 spiro atoms. The third-order valence-corrected chi connectivity index (χ3v) is 3.32. The van der Waals surface area contributed by atoms with E-state index in [9.17, 15) is 0 Å². The van der Waals surface area contributed by atoms with Gasteiger partial charge < -0.3 is 5.11 Å². The van der Waals surface area contributed by atoms with E-state index in [0.29, 0.717) is 18.0 Å². The van der Waals surface area contributed by atoms with E-state index in [2.05, 4.69) is 27.3 Å². The molecule has 1 aromatic rings. The van der Waals surface area contributed by atoms with Gasteiger partial charge in [-0.05, 0) is 46.6 Å². The summed E-state index contributed by atoms with van der Waals surface area (Å²) in [6.45, 7) is 0.717. The fourth-order valence-corrected chi connectivity index (χ4v) is 1.69. The molecule has 0 aromatic heterocycles. The van der Waals surface area contributed by atoms with Crippen molar-refractivity contribution in [3.05, 3.63) is 33.3 Å². The fraction of sp³-hybridized carbons (Fsp3) is 0.364. The molecule has 0 aliphatic rings. The Morgan fingerprint density at radius 2 is 2.31 bits per heavy atom. The van der Waals surface area contributed by atoms with Gasteiger partial charge in [0.25, 0.3) is 0 Å². The van der Waals surface area contributed by atoms with E-state index in [0.717, 1.165) is 10.0 Å². The minimum absolute atomic E-state index is 0.117. The number of aliphatic hydroxyl groups excluding tert-OH is 1. The first-order valence-electron chi connectivity index (χ1n) is 4.88. The second-order valence-electron chi connectivity index (χ2n) is 3.27. The second-order valence-corrected chi connectivity index (χ2v) is 4.53. The molecule has 0 amide bonds. The number of aliphatic hydroxyl groups is 1. The molecule has 3 nitrogen and oxygen atoms in total. The molecule has 0 saturated carbocycles. The maximum Gasteiger partial charge on any atom is 0.121 e. The van der Waals surface area contributed by atoms with Crippen molar-refractivity contribution < 1.29 is 5.11 Å². The lowest BCUT2D eigenvalue weighted by Gasteiger charge is -2.12. The Morgan fingerprint density at radius 3 is 2.88 bits per heavy atom. The Morgan fingerprint density at radius 1 is 1.56 bits per heavy atom. The van der Waals surface area contributed by atoms with Crippen LogP contribution in [0.2, 0.25) is 5.02 Å². The molecule has 2 N–H and O–H groups in total. The van der Waals surface area contributed by atoms with Crippen molar-refractivity contribution in [3.63, 3.8) is 0 Å². The quantitative estimate of drug-likeness (QED) is 0.822. The van der Waals surface area contributed by atoms with Crippen molar-refractivity contribution in [2.24, 2.45) is 0 Å². The minimum Gasteiger partial charge on any atom is -0.396 e. The maximum atomic E-state index is 9.01. The van der Waals surface area contributed by atoms with Gasteiger partial charge in [0.05, 0.1) is 11.1 Å². The van der Waals surface area contributed by atoms with Crippen molar-refractivity contribution in [1.82, 2.24) is 5.32 Å². The molecule has 0 saturated heterocycles. The van der Waals surface area contributed by atoms with Crippen LogP contribution in [0.4, 0.5) is 0 Å². The van der Waals surface area contributed by atoms with Gasteiger partial charge in [-0.25, -0.2) is 0 Å². The molecule has 86 valence electrons. The summed E-state index contributed by atoms with van der Waals surface area (Å²) in [4.78, 5) is 0. The summed E-state index contributed by atoms with van der Waals surface area (Å²) in [5.74, 6) is 0. The summed E-state index contributed by atoms with van der Waals surface area (Å²) in [6.07, 6.45) is 0.627. The summed E-state index contributed by atoms with van der Waals surface area (Å²) < 4.78 is 0.810. The van der Waals surface area contributed by atoms with Crippen molar-refractivity contribution in [1.29, 1.82) is 5.26 Å². The van der Waals surface area contributed by atoms with E-state index in [-0.39, 0.29) is 6.61 Å². The summed E-state index contributed by atoms with van der Waals surface area (Å²) in [6, 6.07) is 7.18. The number of halogens is 2. The van der Waals surface area contributed by atoms with E-state index in [1.807, 2.05) is 12.1 Å². The molecular formula is C11H12BrClN2O. The largest absolute Gasteiger partial charge is 0.396 e. The first-order valence-corrected chi connectivity index (χ1v) is 6.05. The van der Waals surface area contributed by atoms with Crippen LogP contribution in [-0.4, -0.2) is 18.3 Å². The molecule has 0 aliphatic heterocycles. The summed E-state index contributed by atoms with van der Waals surface area (Å²) in [7, 11) is 0. The molecule has 0 bridgehead atoms. The van der Waals surface area contributed by atoms with Gasteiger partial charge in [-0.2, -0.15) is 5.26 Å². The minimum atomic E-state index is -0.392. The predicted octanol–water partition coefficient (Wildman–Crippen LogP) is 2.64. The summed E-state index contributed by atoms with van der Waals surface area (Å²) in [5.41, 5.74) is 0.827. The topological polar surface area (TPSA) is 56.0 Å². The Balaban J connectivity index is 2.72. The third-order valence-electron chi connectivity index (χ3n) is 2.09.